The molecule has 0 saturated carbocycles. The summed E-state index contributed by atoms with van der Waals surface area (Å²) in [5.41, 5.74) is 5.87. The van der Waals surface area contributed by atoms with Gasteiger partial charge in [0.05, 0.1) is 11.7 Å². The van der Waals surface area contributed by atoms with Gasteiger partial charge in [0.15, 0.2) is 5.22 Å². The maximum Gasteiger partial charge on any atom is 0.193 e. The smallest absolute Gasteiger partial charge is 0.193 e. The van der Waals surface area contributed by atoms with Crippen LogP contribution in [0, 0.1) is 0 Å². The van der Waals surface area contributed by atoms with E-state index in [4.69, 9.17) is 27.6 Å². The number of anilines is 1. The highest BCUT2D eigenvalue weighted by Crippen LogP contribution is 2.31. The molecular formula is C20H13Cl2N3O. The Morgan fingerprint density at radius 1 is 0.962 bits per heavy atom. The van der Waals surface area contributed by atoms with E-state index in [2.05, 4.69) is 15.5 Å². The molecule has 0 amide bonds. The van der Waals surface area contributed by atoms with Crippen molar-refractivity contribution in [1.82, 2.24) is 4.98 Å². The molecule has 4 nitrogen and oxygen atoms in total. The Labute approximate surface area is 160 Å². The summed E-state index contributed by atoms with van der Waals surface area (Å²) in [6.07, 6.45) is 1.54. The fourth-order valence-corrected chi connectivity index (χ4v) is 3.00. The summed E-state index contributed by atoms with van der Waals surface area (Å²) in [6, 6.07) is 21.1. The average molecular weight is 382 g/mol. The normalized spacial score (nSPS) is 11.3. The number of aromatic nitrogens is 1. The van der Waals surface area contributed by atoms with Crippen molar-refractivity contribution in [2.24, 2.45) is 5.10 Å². The molecule has 0 atom stereocenters. The summed E-state index contributed by atoms with van der Waals surface area (Å²) in [7, 11) is 0. The zero-order valence-electron chi connectivity index (χ0n) is 13.5. The van der Waals surface area contributed by atoms with Gasteiger partial charge in [-0.05, 0) is 59.1 Å². The Hall–Kier alpha value is -2.82. The molecule has 2 heterocycles. The van der Waals surface area contributed by atoms with Crippen LogP contribution < -0.4 is 5.43 Å². The molecule has 0 fully saturated rings. The maximum absolute atomic E-state index is 6.18. The Morgan fingerprint density at radius 2 is 1.81 bits per heavy atom. The first-order valence-electron chi connectivity index (χ1n) is 7.89. The molecule has 6 heteroatoms. The van der Waals surface area contributed by atoms with Crippen molar-refractivity contribution in [2.75, 3.05) is 5.43 Å². The van der Waals surface area contributed by atoms with Gasteiger partial charge in [-0.25, -0.2) is 4.98 Å². The molecule has 0 bridgehead atoms. The topological polar surface area (TPSA) is 50.4 Å². The fraction of sp³-hybridized carbons (Fsp3) is 0. The van der Waals surface area contributed by atoms with Crippen LogP contribution in [0.25, 0.3) is 22.0 Å². The largest absolute Gasteiger partial charge is 0.444 e. The molecule has 0 aliphatic heterocycles. The molecule has 128 valence electrons. The van der Waals surface area contributed by atoms with Crippen LogP contribution in [0.15, 0.2) is 76.2 Å². The van der Waals surface area contributed by atoms with Crippen molar-refractivity contribution >= 4 is 46.1 Å². The van der Waals surface area contributed by atoms with Gasteiger partial charge in [0, 0.05) is 10.4 Å². The third kappa shape index (κ3) is 3.57. The minimum atomic E-state index is 0.318. The van der Waals surface area contributed by atoms with Gasteiger partial charge in [-0.3, -0.25) is 5.43 Å². The van der Waals surface area contributed by atoms with Crippen molar-refractivity contribution in [2.45, 2.75) is 0 Å². The van der Waals surface area contributed by atoms with E-state index < -0.39 is 0 Å². The van der Waals surface area contributed by atoms with Gasteiger partial charge in [0.1, 0.15) is 11.6 Å². The van der Waals surface area contributed by atoms with E-state index in [9.17, 15) is 0 Å². The van der Waals surface area contributed by atoms with Crippen LogP contribution in [0.1, 0.15) is 5.76 Å². The highest BCUT2D eigenvalue weighted by atomic mass is 35.5. The first kappa shape index (κ1) is 16.6. The van der Waals surface area contributed by atoms with Gasteiger partial charge in [-0.2, -0.15) is 5.10 Å². The molecule has 26 heavy (non-hydrogen) atoms. The minimum absolute atomic E-state index is 0.318. The monoisotopic (exact) mass is 381 g/mol. The quantitative estimate of drug-likeness (QED) is 0.335. The van der Waals surface area contributed by atoms with Crippen LogP contribution in [-0.2, 0) is 0 Å². The number of furan rings is 1. The first-order valence-corrected chi connectivity index (χ1v) is 8.65. The van der Waals surface area contributed by atoms with Crippen LogP contribution in [-0.4, -0.2) is 11.2 Å². The summed E-state index contributed by atoms with van der Waals surface area (Å²) in [4.78, 5) is 4.60. The number of nitrogens with zero attached hydrogens (tertiary/aromatic N) is 2. The third-order valence-electron chi connectivity index (χ3n) is 3.82. The molecule has 2 aromatic heterocycles. The number of nitrogens with one attached hydrogen (secondary N) is 1. The Morgan fingerprint density at radius 3 is 2.58 bits per heavy atom. The second-order valence-corrected chi connectivity index (χ2v) is 6.40. The zero-order valence-corrected chi connectivity index (χ0v) is 15.0. The van der Waals surface area contributed by atoms with Crippen LogP contribution in [0.3, 0.4) is 0 Å². The van der Waals surface area contributed by atoms with E-state index in [1.807, 2.05) is 54.6 Å². The average Bonchev–Trinajstić information content (AvgIpc) is 3.07. The molecule has 0 aliphatic carbocycles. The Balaban J connectivity index is 1.74. The van der Waals surface area contributed by atoms with E-state index in [1.54, 1.807) is 18.3 Å². The third-order valence-corrected chi connectivity index (χ3v) is 4.26. The molecule has 0 unspecified atom stereocenters. The fourth-order valence-electron chi connectivity index (χ4n) is 2.67. The van der Waals surface area contributed by atoms with E-state index in [0.29, 0.717) is 21.8 Å². The number of hydrazone groups is 1. The van der Waals surface area contributed by atoms with E-state index in [1.165, 1.54) is 0 Å². The van der Waals surface area contributed by atoms with Crippen molar-refractivity contribution < 1.29 is 4.42 Å². The van der Waals surface area contributed by atoms with Gasteiger partial charge in [-0.1, -0.05) is 41.9 Å². The molecule has 4 rings (SSSR count). The second-order valence-electron chi connectivity index (χ2n) is 5.59. The molecule has 0 aliphatic rings. The summed E-state index contributed by atoms with van der Waals surface area (Å²) < 4.78 is 5.24. The lowest BCUT2D eigenvalue weighted by atomic mass is 10.0. The minimum Gasteiger partial charge on any atom is -0.444 e. The first-order chi connectivity index (χ1) is 12.7. The summed E-state index contributed by atoms with van der Waals surface area (Å²) in [5, 5.41) is 6.14. The Kier molecular flexibility index (Phi) is 4.61. The molecule has 0 spiro atoms. The number of hydrogen-bond donors (Lipinski definition) is 1. The SMILES string of the molecule is Clc1ccc2nc(N/N=C\c3ccc(Cl)o3)cc(-c3ccccc3)c2c1. The predicted molar refractivity (Wildman–Crippen MR) is 107 cm³/mol. The summed E-state index contributed by atoms with van der Waals surface area (Å²) in [5.74, 6) is 1.17. The van der Waals surface area contributed by atoms with Crippen LogP contribution in [0.5, 0.6) is 0 Å². The van der Waals surface area contributed by atoms with Crippen LogP contribution in [0.4, 0.5) is 5.82 Å². The molecule has 2 aromatic carbocycles. The number of benzene rings is 2. The lowest BCUT2D eigenvalue weighted by Gasteiger charge is -2.10. The molecule has 0 radical (unpaired) electrons. The van der Waals surface area contributed by atoms with Crippen molar-refractivity contribution in [3.8, 4) is 11.1 Å². The summed E-state index contributed by atoms with van der Waals surface area (Å²) in [6.45, 7) is 0. The number of rotatable bonds is 4. The van der Waals surface area contributed by atoms with Gasteiger partial charge in [0.2, 0.25) is 0 Å². The second kappa shape index (κ2) is 7.20. The predicted octanol–water partition coefficient (Wildman–Crippen LogP) is 6.25. The number of halogens is 2. The van der Waals surface area contributed by atoms with Crippen LogP contribution >= 0.6 is 23.2 Å². The van der Waals surface area contributed by atoms with E-state index >= 15 is 0 Å². The highest BCUT2D eigenvalue weighted by Gasteiger charge is 2.08. The number of hydrogen-bond acceptors (Lipinski definition) is 4. The number of pyridine rings is 1. The van der Waals surface area contributed by atoms with Gasteiger partial charge >= 0.3 is 0 Å². The van der Waals surface area contributed by atoms with Gasteiger partial charge in [0.25, 0.3) is 0 Å². The number of fused-ring (bicyclic) bond motifs is 1. The Bertz CT molecular complexity index is 1090. The summed E-state index contributed by atoms with van der Waals surface area (Å²) >= 11 is 11.9. The van der Waals surface area contributed by atoms with E-state index in [-0.39, 0.29) is 0 Å². The molecular weight excluding hydrogens is 369 g/mol. The highest BCUT2D eigenvalue weighted by molar-refractivity contribution is 6.31. The standard InChI is InChI=1S/C20H13Cl2N3O/c21-14-6-8-18-17(10-14)16(13-4-2-1-3-5-13)11-20(24-18)25-23-12-15-7-9-19(22)26-15/h1-12H,(H,24,25)/b23-12-. The van der Waals surface area contributed by atoms with Gasteiger partial charge < -0.3 is 4.42 Å². The van der Waals surface area contributed by atoms with Gasteiger partial charge in [-0.15, -0.1) is 0 Å². The maximum atomic E-state index is 6.18. The van der Waals surface area contributed by atoms with E-state index in [0.717, 1.165) is 22.0 Å². The van der Waals surface area contributed by atoms with Crippen LogP contribution in [0.2, 0.25) is 10.2 Å². The molecule has 4 aromatic rings. The zero-order chi connectivity index (χ0) is 17.9. The molecule has 0 saturated heterocycles. The lowest BCUT2D eigenvalue weighted by molar-refractivity contribution is 0.562. The van der Waals surface area contributed by atoms with Crippen molar-refractivity contribution in [3.05, 3.63) is 82.7 Å². The van der Waals surface area contributed by atoms with Crippen molar-refractivity contribution in [3.63, 3.8) is 0 Å². The molecule has 1 N–H and O–H groups in total. The lowest BCUT2D eigenvalue weighted by Crippen LogP contribution is -1.95. The van der Waals surface area contributed by atoms with Crippen molar-refractivity contribution in [1.29, 1.82) is 0 Å².